The van der Waals surface area contributed by atoms with E-state index >= 15 is 0 Å². The second kappa shape index (κ2) is 5.33. The Bertz CT molecular complexity index is 478. The van der Waals surface area contributed by atoms with E-state index in [1.807, 2.05) is 0 Å². The van der Waals surface area contributed by atoms with E-state index < -0.39 is 9.84 Å². The molecule has 0 saturated heterocycles. The molecule has 7 heteroatoms. The van der Waals surface area contributed by atoms with E-state index in [0.717, 1.165) is 4.47 Å². The van der Waals surface area contributed by atoms with Crippen LogP contribution in [0.2, 0.25) is 5.02 Å². The molecule has 1 rings (SSSR count). The predicted molar refractivity (Wildman–Crippen MR) is 69.9 cm³/mol. The highest BCUT2D eigenvalue weighted by atomic mass is 79.9. The van der Waals surface area contributed by atoms with Crippen LogP contribution in [0, 0.1) is 0 Å². The van der Waals surface area contributed by atoms with Crippen LogP contribution in [-0.2, 0) is 9.84 Å². The number of nitrogens with zero attached hydrogens (tertiary/aromatic N) is 2. The third-order valence-corrected chi connectivity index (χ3v) is 3.58. The first-order valence-corrected chi connectivity index (χ1v) is 7.72. The standard InChI is InChI=1S/C9H12BrClN2O2S/c1-13(3-4-16(2,14)15)9-8(11)5-7(10)6-12-9/h5-6H,3-4H2,1-2H3. The van der Waals surface area contributed by atoms with Gasteiger partial charge in [0, 0.05) is 30.5 Å². The normalized spacial score (nSPS) is 11.5. The zero-order valence-electron chi connectivity index (χ0n) is 8.94. The lowest BCUT2D eigenvalue weighted by Gasteiger charge is -2.18. The molecule has 0 aliphatic rings. The van der Waals surface area contributed by atoms with Crippen molar-refractivity contribution in [2.24, 2.45) is 0 Å². The lowest BCUT2D eigenvalue weighted by Crippen LogP contribution is -2.25. The van der Waals surface area contributed by atoms with E-state index in [1.54, 1.807) is 24.2 Å². The van der Waals surface area contributed by atoms with Gasteiger partial charge >= 0.3 is 0 Å². The number of anilines is 1. The zero-order valence-corrected chi connectivity index (χ0v) is 12.1. The summed E-state index contributed by atoms with van der Waals surface area (Å²) in [6, 6.07) is 1.72. The highest BCUT2D eigenvalue weighted by Gasteiger charge is 2.10. The largest absolute Gasteiger partial charge is 0.357 e. The Labute approximate surface area is 109 Å². The molecule has 0 aliphatic heterocycles. The van der Waals surface area contributed by atoms with Gasteiger partial charge in [0.25, 0.3) is 0 Å². The number of pyridine rings is 1. The van der Waals surface area contributed by atoms with Gasteiger partial charge in [-0.05, 0) is 22.0 Å². The number of aromatic nitrogens is 1. The van der Waals surface area contributed by atoms with Gasteiger partial charge in [0.1, 0.15) is 15.7 Å². The van der Waals surface area contributed by atoms with Crippen molar-refractivity contribution in [1.29, 1.82) is 0 Å². The average molecular weight is 328 g/mol. The highest BCUT2D eigenvalue weighted by molar-refractivity contribution is 9.10. The van der Waals surface area contributed by atoms with E-state index in [2.05, 4.69) is 20.9 Å². The summed E-state index contributed by atoms with van der Waals surface area (Å²) in [5, 5.41) is 0.491. The first-order chi connectivity index (χ1) is 7.29. The van der Waals surface area contributed by atoms with Crippen LogP contribution in [0.25, 0.3) is 0 Å². The monoisotopic (exact) mass is 326 g/mol. The van der Waals surface area contributed by atoms with Crippen LogP contribution < -0.4 is 4.90 Å². The van der Waals surface area contributed by atoms with Crippen LogP contribution in [0.15, 0.2) is 16.7 Å². The average Bonchev–Trinajstić information content (AvgIpc) is 2.13. The van der Waals surface area contributed by atoms with Gasteiger partial charge in [0.05, 0.1) is 10.8 Å². The number of hydrogen-bond acceptors (Lipinski definition) is 4. The summed E-state index contributed by atoms with van der Waals surface area (Å²) in [7, 11) is -1.21. The molecule has 0 radical (unpaired) electrons. The van der Waals surface area contributed by atoms with Crippen LogP contribution in [0.4, 0.5) is 5.82 Å². The minimum atomic E-state index is -2.97. The van der Waals surface area contributed by atoms with Crippen molar-refractivity contribution >= 4 is 43.2 Å². The van der Waals surface area contributed by atoms with Gasteiger partial charge in [-0.25, -0.2) is 13.4 Å². The Kier molecular flexibility index (Phi) is 4.58. The lowest BCUT2D eigenvalue weighted by molar-refractivity contribution is 0.601. The fourth-order valence-electron chi connectivity index (χ4n) is 1.10. The molecule has 90 valence electrons. The van der Waals surface area contributed by atoms with Crippen molar-refractivity contribution in [2.75, 3.05) is 30.5 Å². The van der Waals surface area contributed by atoms with Crippen LogP contribution in [0.3, 0.4) is 0 Å². The van der Waals surface area contributed by atoms with E-state index in [4.69, 9.17) is 11.6 Å². The predicted octanol–water partition coefficient (Wildman–Crippen LogP) is 1.98. The van der Waals surface area contributed by atoms with E-state index in [1.165, 1.54) is 6.26 Å². The molecule has 0 bridgehead atoms. The van der Waals surface area contributed by atoms with E-state index in [0.29, 0.717) is 17.4 Å². The van der Waals surface area contributed by atoms with Gasteiger partial charge in [-0.3, -0.25) is 0 Å². The molecule has 1 aromatic rings. The van der Waals surface area contributed by atoms with Gasteiger partial charge in [-0.15, -0.1) is 0 Å². The summed E-state index contributed by atoms with van der Waals surface area (Å²) in [5.74, 6) is 0.658. The highest BCUT2D eigenvalue weighted by Crippen LogP contribution is 2.25. The molecule has 16 heavy (non-hydrogen) atoms. The summed E-state index contributed by atoms with van der Waals surface area (Å²) in [6.07, 6.45) is 2.83. The topological polar surface area (TPSA) is 50.3 Å². The minimum absolute atomic E-state index is 0.0809. The Hall–Kier alpha value is -0.330. The lowest BCUT2D eigenvalue weighted by atomic mass is 10.4. The molecule has 1 heterocycles. The summed E-state index contributed by atoms with van der Waals surface area (Å²) in [4.78, 5) is 5.85. The molecule has 0 spiro atoms. The molecule has 1 aromatic heterocycles. The van der Waals surface area contributed by atoms with Crippen LogP contribution in [0.1, 0.15) is 0 Å². The number of halogens is 2. The Morgan fingerprint density at radius 1 is 1.56 bits per heavy atom. The first-order valence-electron chi connectivity index (χ1n) is 4.49. The minimum Gasteiger partial charge on any atom is -0.357 e. The maximum absolute atomic E-state index is 11.0. The number of sulfone groups is 1. The van der Waals surface area contributed by atoms with Crippen molar-refractivity contribution in [1.82, 2.24) is 4.98 Å². The summed E-state index contributed by atoms with van der Waals surface area (Å²) in [6.45, 7) is 0.368. The summed E-state index contributed by atoms with van der Waals surface area (Å²) in [5.41, 5.74) is 0. The molecular weight excluding hydrogens is 316 g/mol. The van der Waals surface area contributed by atoms with Gasteiger partial charge in [0.15, 0.2) is 0 Å². The summed E-state index contributed by atoms with van der Waals surface area (Å²) >= 11 is 9.25. The van der Waals surface area contributed by atoms with Crippen molar-refractivity contribution in [3.63, 3.8) is 0 Å². The second-order valence-corrected chi connectivity index (χ2v) is 7.09. The molecule has 0 aliphatic carbocycles. The Morgan fingerprint density at radius 2 is 2.19 bits per heavy atom. The SMILES string of the molecule is CN(CCS(C)(=O)=O)c1ncc(Br)cc1Cl. The maximum Gasteiger partial charge on any atom is 0.149 e. The molecule has 0 fully saturated rings. The maximum atomic E-state index is 11.0. The third-order valence-electron chi connectivity index (χ3n) is 1.95. The van der Waals surface area contributed by atoms with Crippen molar-refractivity contribution in [3.05, 3.63) is 21.8 Å². The third kappa shape index (κ3) is 4.27. The fourth-order valence-corrected chi connectivity index (χ4v) is 2.48. The van der Waals surface area contributed by atoms with Gasteiger partial charge in [-0.2, -0.15) is 0 Å². The van der Waals surface area contributed by atoms with Crippen molar-refractivity contribution in [3.8, 4) is 0 Å². The molecule has 0 aromatic carbocycles. The zero-order chi connectivity index (χ0) is 12.3. The van der Waals surface area contributed by atoms with E-state index in [-0.39, 0.29) is 5.75 Å². The van der Waals surface area contributed by atoms with Crippen LogP contribution in [-0.4, -0.2) is 39.0 Å². The van der Waals surface area contributed by atoms with Crippen LogP contribution in [0.5, 0.6) is 0 Å². The van der Waals surface area contributed by atoms with Crippen molar-refractivity contribution in [2.45, 2.75) is 0 Å². The number of rotatable bonds is 4. The van der Waals surface area contributed by atoms with Crippen molar-refractivity contribution < 1.29 is 8.42 Å². The molecule has 4 nitrogen and oxygen atoms in total. The Balaban J connectivity index is 2.77. The smallest absolute Gasteiger partial charge is 0.149 e. The van der Waals surface area contributed by atoms with Gasteiger partial charge in [-0.1, -0.05) is 11.6 Å². The molecule has 0 atom stereocenters. The fraction of sp³-hybridized carbons (Fsp3) is 0.444. The molecule has 0 N–H and O–H groups in total. The molecule has 0 unspecified atom stereocenters. The van der Waals surface area contributed by atoms with Gasteiger partial charge in [0.2, 0.25) is 0 Å². The quantitative estimate of drug-likeness (QED) is 0.848. The molecular formula is C9H12BrClN2O2S. The summed E-state index contributed by atoms with van der Waals surface area (Å²) < 4.78 is 22.8. The molecule has 0 saturated carbocycles. The number of hydrogen-bond donors (Lipinski definition) is 0. The second-order valence-electron chi connectivity index (χ2n) is 3.51. The molecule has 0 amide bonds. The van der Waals surface area contributed by atoms with Gasteiger partial charge < -0.3 is 4.90 Å². The van der Waals surface area contributed by atoms with E-state index in [9.17, 15) is 8.42 Å². The van der Waals surface area contributed by atoms with Crippen LogP contribution >= 0.6 is 27.5 Å². The Morgan fingerprint density at radius 3 is 2.69 bits per heavy atom. The first kappa shape index (κ1) is 13.7.